The second-order valence-corrected chi connectivity index (χ2v) is 8.37. The molecule has 0 radical (unpaired) electrons. The van der Waals surface area contributed by atoms with Gasteiger partial charge in [-0.05, 0) is 67.9 Å². The van der Waals surface area contributed by atoms with Crippen LogP contribution in [0.1, 0.15) is 24.4 Å². The summed E-state index contributed by atoms with van der Waals surface area (Å²) in [5.41, 5.74) is 1.65. The van der Waals surface area contributed by atoms with Crippen LogP contribution in [0.4, 0.5) is 10.1 Å². The fourth-order valence-corrected chi connectivity index (χ4v) is 4.24. The van der Waals surface area contributed by atoms with Gasteiger partial charge in [-0.1, -0.05) is 12.1 Å². The van der Waals surface area contributed by atoms with Crippen molar-refractivity contribution in [2.24, 2.45) is 0 Å². The number of carbonyl (C=O) groups excluding carboxylic acids is 2. The summed E-state index contributed by atoms with van der Waals surface area (Å²) < 4.78 is 18.3. The van der Waals surface area contributed by atoms with Crippen molar-refractivity contribution in [2.45, 2.75) is 18.9 Å². The Morgan fingerprint density at radius 3 is 2.52 bits per heavy atom. The number of anilines is 1. The van der Waals surface area contributed by atoms with E-state index in [9.17, 15) is 14.0 Å². The summed E-state index contributed by atoms with van der Waals surface area (Å²) in [5.74, 6) is 0.459. The molecule has 1 aliphatic heterocycles. The van der Waals surface area contributed by atoms with Crippen LogP contribution >= 0.6 is 11.8 Å². The maximum Gasteiger partial charge on any atom is 0.234 e. The summed E-state index contributed by atoms with van der Waals surface area (Å²) in [6.07, 6.45) is 2.32. The minimum atomic E-state index is -0.356. The topological polar surface area (TPSA) is 70.7 Å². The first-order valence-electron chi connectivity index (χ1n) is 10.3. The smallest absolute Gasteiger partial charge is 0.234 e. The van der Waals surface area contributed by atoms with Gasteiger partial charge in [0.15, 0.2) is 0 Å². The second kappa shape index (κ2) is 11.7. The third-order valence-electron chi connectivity index (χ3n) is 5.15. The highest BCUT2D eigenvalue weighted by atomic mass is 32.2. The van der Waals surface area contributed by atoms with E-state index in [-0.39, 0.29) is 35.2 Å². The first-order valence-corrected chi connectivity index (χ1v) is 11.5. The molecule has 2 aromatic rings. The maximum atomic E-state index is 12.9. The summed E-state index contributed by atoms with van der Waals surface area (Å²) in [6, 6.07) is 13.6. The molecule has 8 heteroatoms. The lowest BCUT2D eigenvalue weighted by Gasteiger charge is -2.28. The zero-order chi connectivity index (χ0) is 22.1. The van der Waals surface area contributed by atoms with E-state index in [1.54, 1.807) is 7.11 Å². The van der Waals surface area contributed by atoms with Gasteiger partial charge in [0.05, 0.1) is 24.7 Å². The minimum absolute atomic E-state index is 0.0910. The normalized spacial score (nSPS) is 14.8. The fourth-order valence-electron chi connectivity index (χ4n) is 3.59. The Labute approximate surface area is 186 Å². The molecule has 31 heavy (non-hydrogen) atoms. The lowest BCUT2D eigenvalue weighted by atomic mass is 10.0. The minimum Gasteiger partial charge on any atom is -0.497 e. The quantitative estimate of drug-likeness (QED) is 0.586. The van der Waals surface area contributed by atoms with Crippen molar-refractivity contribution >= 4 is 29.3 Å². The van der Waals surface area contributed by atoms with Crippen LogP contribution in [0.15, 0.2) is 48.5 Å². The van der Waals surface area contributed by atoms with Gasteiger partial charge in [0.2, 0.25) is 11.8 Å². The van der Waals surface area contributed by atoms with Crippen molar-refractivity contribution < 1.29 is 18.7 Å². The number of amides is 2. The Bertz CT molecular complexity index is 873. The number of halogens is 1. The lowest BCUT2D eigenvalue weighted by Crippen LogP contribution is -2.37. The predicted octanol–water partition coefficient (Wildman–Crippen LogP) is 3.46. The van der Waals surface area contributed by atoms with Crippen LogP contribution in [0.2, 0.25) is 0 Å². The number of hydrogen-bond acceptors (Lipinski definition) is 5. The third-order valence-corrected chi connectivity index (χ3v) is 6.08. The molecule has 3 rings (SSSR count). The molecular weight excluding hydrogens is 417 g/mol. The number of ether oxygens (including phenoxy) is 1. The van der Waals surface area contributed by atoms with E-state index >= 15 is 0 Å². The molecule has 1 heterocycles. The molecule has 1 fully saturated rings. The van der Waals surface area contributed by atoms with Crippen LogP contribution in [-0.4, -0.2) is 55.0 Å². The average molecular weight is 446 g/mol. The molecular formula is C23H28FN3O3S. The Morgan fingerprint density at radius 1 is 1.10 bits per heavy atom. The van der Waals surface area contributed by atoms with E-state index < -0.39 is 0 Å². The molecule has 2 N–H and O–H groups in total. The highest BCUT2D eigenvalue weighted by Gasteiger charge is 2.24. The number of thioether (sulfide) groups is 1. The van der Waals surface area contributed by atoms with Gasteiger partial charge in [-0.2, -0.15) is 0 Å². The predicted molar refractivity (Wildman–Crippen MR) is 122 cm³/mol. The maximum absolute atomic E-state index is 12.9. The van der Waals surface area contributed by atoms with Gasteiger partial charge in [0.25, 0.3) is 0 Å². The van der Waals surface area contributed by atoms with Crippen LogP contribution in [0.25, 0.3) is 0 Å². The first-order chi connectivity index (χ1) is 15.0. The summed E-state index contributed by atoms with van der Waals surface area (Å²) in [6.45, 7) is 2.53. The molecule has 1 atom stereocenters. The van der Waals surface area contributed by atoms with Gasteiger partial charge in [0, 0.05) is 12.2 Å². The van der Waals surface area contributed by atoms with Crippen molar-refractivity contribution in [1.29, 1.82) is 0 Å². The SMILES string of the molecule is COc1cccc(C(CNC(=O)CSCC(=O)Nc2ccc(F)cc2)N2CCCC2)c1. The van der Waals surface area contributed by atoms with E-state index in [0.717, 1.165) is 37.2 Å². The Hall–Kier alpha value is -2.58. The summed E-state index contributed by atoms with van der Waals surface area (Å²) in [5, 5.41) is 5.70. The molecule has 0 saturated carbocycles. The summed E-state index contributed by atoms with van der Waals surface area (Å²) in [4.78, 5) is 26.7. The monoisotopic (exact) mass is 445 g/mol. The van der Waals surface area contributed by atoms with Crippen LogP contribution in [-0.2, 0) is 9.59 Å². The average Bonchev–Trinajstić information content (AvgIpc) is 3.30. The van der Waals surface area contributed by atoms with Gasteiger partial charge < -0.3 is 15.4 Å². The molecule has 0 bridgehead atoms. The number of methoxy groups -OCH3 is 1. The summed E-state index contributed by atoms with van der Waals surface area (Å²) >= 11 is 1.25. The molecule has 0 spiro atoms. The molecule has 166 valence electrons. The van der Waals surface area contributed by atoms with Crippen molar-refractivity contribution in [3.63, 3.8) is 0 Å². The number of likely N-dealkylation sites (tertiary alicyclic amines) is 1. The Balaban J connectivity index is 1.45. The molecule has 1 aliphatic rings. The number of benzene rings is 2. The zero-order valence-electron chi connectivity index (χ0n) is 17.6. The van der Waals surface area contributed by atoms with Crippen molar-refractivity contribution in [3.05, 3.63) is 59.9 Å². The molecule has 0 aromatic heterocycles. The van der Waals surface area contributed by atoms with Crippen LogP contribution < -0.4 is 15.4 Å². The van der Waals surface area contributed by atoms with Crippen LogP contribution in [0.3, 0.4) is 0 Å². The molecule has 2 aromatic carbocycles. The van der Waals surface area contributed by atoms with E-state index in [4.69, 9.17) is 4.74 Å². The third kappa shape index (κ3) is 7.25. The number of carbonyl (C=O) groups is 2. The van der Waals surface area contributed by atoms with Gasteiger partial charge in [-0.3, -0.25) is 14.5 Å². The number of rotatable bonds is 10. The zero-order valence-corrected chi connectivity index (χ0v) is 18.4. The highest BCUT2D eigenvalue weighted by Crippen LogP contribution is 2.27. The largest absolute Gasteiger partial charge is 0.497 e. The Morgan fingerprint density at radius 2 is 1.81 bits per heavy atom. The fraction of sp³-hybridized carbons (Fsp3) is 0.391. The number of nitrogens with zero attached hydrogens (tertiary/aromatic N) is 1. The molecule has 0 aliphatic carbocycles. The highest BCUT2D eigenvalue weighted by molar-refractivity contribution is 8.00. The first kappa shape index (κ1) is 23.1. The molecule has 1 unspecified atom stereocenters. The van der Waals surface area contributed by atoms with Gasteiger partial charge in [0.1, 0.15) is 11.6 Å². The van der Waals surface area contributed by atoms with E-state index in [2.05, 4.69) is 21.6 Å². The van der Waals surface area contributed by atoms with E-state index in [1.807, 2.05) is 18.2 Å². The summed E-state index contributed by atoms with van der Waals surface area (Å²) in [7, 11) is 1.65. The van der Waals surface area contributed by atoms with Gasteiger partial charge in [-0.15, -0.1) is 11.8 Å². The lowest BCUT2D eigenvalue weighted by molar-refractivity contribution is -0.118. The standard InChI is InChI=1S/C23H28FN3O3S/c1-30-20-6-4-5-17(13-20)21(27-11-2-3-12-27)14-25-22(28)15-31-16-23(29)26-19-9-7-18(24)8-10-19/h4-10,13,21H,2-3,11-12,14-16H2,1H3,(H,25,28)(H,26,29). The van der Waals surface area contributed by atoms with Crippen molar-refractivity contribution in [2.75, 3.05) is 43.6 Å². The number of nitrogens with one attached hydrogen (secondary N) is 2. The number of hydrogen-bond donors (Lipinski definition) is 2. The van der Waals surface area contributed by atoms with Gasteiger partial charge in [-0.25, -0.2) is 4.39 Å². The molecule has 1 saturated heterocycles. The van der Waals surface area contributed by atoms with E-state index in [1.165, 1.54) is 36.0 Å². The van der Waals surface area contributed by atoms with E-state index in [0.29, 0.717) is 12.2 Å². The second-order valence-electron chi connectivity index (χ2n) is 7.39. The molecule has 6 nitrogen and oxygen atoms in total. The van der Waals surface area contributed by atoms with Crippen LogP contribution in [0.5, 0.6) is 5.75 Å². The van der Waals surface area contributed by atoms with Crippen LogP contribution in [0, 0.1) is 5.82 Å². The molecule has 2 amide bonds. The van der Waals surface area contributed by atoms with Crippen molar-refractivity contribution in [3.8, 4) is 5.75 Å². The van der Waals surface area contributed by atoms with Crippen molar-refractivity contribution in [1.82, 2.24) is 10.2 Å². The van der Waals surface area contributed by atoms with Gasteiger partial charge >= 0.3 is 0 Å². The Kier molecular flexibility index (Phi) is 8.73.